The van der Waals surface area contributed by atoms with E-state index in [9.17, 15) is 8.42 Å². The van der Waals surface area contributed by atoms with Crippen LogP contribution in [-0.2, 0) is 10.0 Å². The van der Waals surface area contributed by atoms with Gasteiger partial charge in [0.25, 0.3) is 10.0 Å². The summed E-state index contributed by atoms with van der Waals surface area (Å²) in [6.45, 7) is 0. The molecule has 0 atom stereocenters. The van der Waals surface area contributed by atoms with Crippen LogP contribution in [0.4, 0.5) is 5.82 Å². The third-order valence-corrected chi connectivity index (χ3v) is 4.51. The van der Waals surface area contributed by atoms with Crippen LogP contribution >= 0.6 is 28.1 Å². The van der Waals surface area contributed by atoms with Crippen molar-refractivity contribution in [3.8, 4) is 0 Å². The number of benzene rings is 1. The van der Waals surface area contributed by atoms with Crippen LogP contribution in [0.2, 0.25) is 0 Å². The smallest absolute Gasteiger partial charge is 0.263 e. The molecule has 0 aliphatic carbocycles. The van der Waals surface area contributed by atoms with Crippen molar-refractivity contribution < 1.29 is 8.42 Å². The Morgan fingerprint density at radius 3 is 2.55 bits per heavy atom. The Bertz CT molecular complexity index is 746. The molecule has 5 nitrogen and oxygen atoms in total. The molecule has 2 rings (SSSR count). The van der Waals surface area contributed by atoms with Gasteiger partial charge in [-0.25, -0.2) is 13.4 Å². The second-order valence-corrected chi connectivity index (χ2v) is 6.83. The quantitative estimate of drug-likeness (QED) is 0.805. The lowest BCUT2D eigenvalue weighted by atomic mass is 10.2. The zero-order valence-corrected chi connectivity index (χ0v) is 13.3. The number of pyridine rings is 1. The number of sulfonamides is 1. The van der Waals surface area contributed by atoms with Crippen molar-refractivity contribution in [2.45, 2.75) is 4.90 Å². The Labute approximate surface area is 130 Å². The molecule has 0 saturated heterocycles. The predicted octanol–water partition coefficient (Wildman–Crippen LogP) is 2.28. The van der Waals surface area contributed by atoms with Gasteiger partial charge in [0.1, 0.15) is 10.8 Å². The van der Waals surface area contributed by atoms with E-state index >= 15 is 0 Å². The third kappa shape index (κ3) is 3.33. The Morgan fingerprint density at radius 1 is 1.25 bits per heavy atom. The number of hydrogen-bond acceptors (Lipinski definition) is 4. The van der Waals surface area contributed by atoms with Gasteiger partial charge < -0.3 is 5.73 Å². The fraction of sp³-hybridized carbons (Fsp3) is 0. The van der Waals surface area contributed by atoms with E-state index in [2.05, 4.69) is 25.6 Å². The van der Waals surface area contributed by atoms with Crippen LogP contribution in [0, 0.1) is 0 Å². The molecule has 0 radical (unpaired) electrons. The fourth-order valence-corrected chi connectivity index (χ4v) is 3.24. The molecule has 1 heterocycles. The minimum absolute atomic E-state index is 0.0229. The number of hydrogen-bond donors (Lipinski definition) is 2. The van der Waals surface area contributed by atoms with Crippen LogP contribution in [0.5, 0.6) is 0 Å². The molecule has 8 heteroatoms. The summed E-state index contributed by atoms with van der Waals surface area (Å²) in [5.41, 5.74) is 5.84. The van der Waals surface area contributed by atoms with E-state index in [0.29, 0.717) is 5.56 Å². The molecule has 0 aliphatic rings. The molecule has 1 aromatic heterocycles. The first-order chi connectivity index (χ1) is 9.40. The summed E-state index contributed by atoms with van der Waals surface area (Å²) < 4.78 is 27.8. The van der Waals surface area contributed by atoms with Gasteiger partial charge in [0.2, 0.25) is 0 Å². The van der Waals surface area contributed by atoms with Crippen LogP contribution in [0.15, 0.2) is 52.0 Å². The average Bonchev–Trinajstić information content (AvgIpc) is 2.41. The molecule has 0 aliphatic heterocycles. The van der Waals surface area contributed by atoms with Crippen molar-refractivity contribution in [3.05, 3.63) is 52.6 Å². The SMILES string of the molecule is NC(=S)c1ccccc1S(=O)(=O)Nc1ccc(Br)cn1. The number of nitrogens with two attached hydrogens (primary N) is 1. The average molecular weight is 372 g/mol. The lowest BCUT2D eigenvalue weighted by Gasteiger charge is -2.10. The molecule has 20 heavy (non-hydrogen) atoms. The van der Waals surface area contributed by atoms with E-state index in [-0.39, 0.29) is 15.7 Å². The standard InChI is InChI=1S/C12H10BrN3O2S2/c13-8-5-6-11(15-7-8)16-20(17,18)10-4-2-1-3-9(10)12(14)19/h1-7H,(H2,14,19)(H,15,16). The predicted molar refractivity (Wildman–Crippen MR) is 85.1 cm³/mol. The minimum Gasteiger partial charge on any atom is -0.389 e. The number of halogens is 1. The van der Waals surface area contributed by atoms with E-state index in [4.69, 9.17) is 18.0 Å². The normalized spacial score (nSPS) is 11.1. The summed E-state index contributed by atoms with van der Waals surface area (Å²) in [4.78, 5) is 4.01. The zero-order valence-electron chi connectivity index (χ0n) is 10.1. The lowest BCUT2D eigenvalue weighted by molar-refractivity contribution is 0.601. The molecule has 0 amide bonds. The Balaban J connectivity index is 2.41. The van der Waals surface area contributed by atoms with E-state index in [1.165, 1.54) is 12.3 Å². The van der Waals surface area contributed by atoms with Gasteiger partial charge in [-0.3, -0.25) is 4.72 Å². The summed E-state index contributed by atoms with van der Waals surface area (Å²) in [6, 6.07) is 9.51. The van der Waals surface area contributed by atoms with Crippen molar-refractivity contribution in [3.63, 3.8) is 0 Å². The molecule has 2 aromatic rings. The minimum atomic E-state index is -3.80. The third-order valence-electron chi connectivity index (χ3n) is 2.41. The lowest BCUT2D eigenvalue weighted by Crippen LogP contribution is -2.20. The van der Waals surface area contributed by atoms with Crippen molar-refractivity contribution in [1.29, 1.82) is 0 Å². The van der Waals surface area contributed by atoms with Gasteiger partial charge in [-0.2, -0.15) is 0 Å². The van der Waals surface area contributed by atoms with Crippen molar-refractivity contribution >= 4 is 49.0 Å². The maximum absolute atomic E-state index is 12.3. The molecule has 104 valence electrons. The van der Waals surface area contributed by atoms with Gasteiger partial charge in [0.15, 0.2) is 0 Å². The number of thiocarbonyl (C=S) groups is 1. The van der Waals surface area contributed by atoms with Crippen LogP contribution < -0.4 is 10.5 Å². The summed E-state index contributed by atoms with van der Waals surface area (Å²) in [7, 11) is -3.80. The molecule has 0 saturated carbocycles. The van der Waals surface area contributed by atoms with Gasteiger partial charge in [0, 0.05) is 16.2 Å². The maximum atomic E-state index is 12.3. The van der Waals surface area contributed by atoms with Gasteiger partial charge in [-0.15, -0.1) is 0 Å². The Morgan fingerprint density at radius 2 is 1.95 bits per heavy atom. The van der Waals surface area contributed by atoms with E-state index in [1.807, 2.05) is 0 Å². The first-order valence-corrected chi connectivity index (χ1v) is 8.12. The molecule has 1 aromatic carbocycles. The fourth-order valence-electron chi connectivity index (χ4n) is 1.53. The van der Waals surface area contributed by atoms with Gasteiger partial charge in [-0.1, -0.05) is 30.4 Å². The highest BCUT2D eigenvalue weighted by molar-refractivity contribution is 9.10. The van der Waals surface area contributed by atoms with Crippen LogP contribution in [0.1, 0.15) is 5.56 Å². The number of aromatic nitrogens is 1. The molecular formula is C12H10BrN3O2S2. The largest absolute Gasteiger partial charge is 0.389 e. The zero-order chi connectivity index (χ0) is 14.8. The highest BCUT2D eigenvalue weighted by atomic mass is 79.9. The van der Waals surface area contributed by atoms with E-state index in [1.54, 1.807) is 30.3 Å². The summed E-state index contributed by atoms with van der Waals surface area (Å²) in [6.07, 6.45) is 1.50. The Hall–Kier alpha value is -1.51. The first-order valence-electron chi connectivity index (χ1n) is 5.43. The van der Waals surface area contributed by atoms with Crippen LogP contribution in [0.25, 0.3) is 0 Å². The Kier molecular flexibility index (Phi) is 4.36. The second-order valence-electron chi connectivity index (χ2n) is 3.83. The monoisotopic (exact) mass is 371 g/mol. The summed E-state index contributed by atoms with van der Waals surface area (Å²) in [5, 5.41) is 0. The second kappa shape index (κ2) is 5.86. The van der Waals surface area contributed by atoms with Crippen molar-refractivity contribution in [1.82, 2.24) is 4.98 Å². The number of rotatable bonds is 4. The van der Waals surface area contributed by atoms with Crippen LogP contribution in [0.3, 0.4) is 0 Å². The molecule has 3 N–H and O–H groups in total. The number of anilines is 1. The molecule has 0 spiro atoms. The van der Waals surface area contributed by atoms with Gasteiger partial charge in [-0.05, 0) is 34.1 Å². The van der Waals surface area contributed by atoms with Crippen molar-refractivity contribution in [2.24, 2.45) is 5.73 Å². The summed E-state index contributed by atoms with van der Waals surface area (Å²) in [5.74, 6) is 0.214. The highest BCUT2D eigenvalue weighted by Gasteiger charge is 2.19. The van der Waals surface area contributed by atoms with E-state index in [0.717, 1.165) is 4.47 Å². The molecule has 0 bridgehead atoms. The van der Waals surface area contributed by atoms with Crippen LogP contribution in [-0.4, -0.2) is 18.4 Å². The summed E-state index contributed by atoms with van der Waals surface area (Å²) >= 11 is 8.09. The number of nitrogens with zero attached hydrogens (tertiary/aromatic N) is 1. The number of nitrogens with one attached hydrogen (secondary N) is 1. The van der Waals surface area contributed by atoms with Gasteiger partial charge >= 0.3 is 0 Å². The molecule has 0 unspecified atom stereocenters. The maximum Gasteiger partial charge on any atom is 0.263 e. The van der Waals surface area contributed by atoms with E-state index < -0.39 is 10.0 Å². The van der Waals surface area contributed by atoms with Gasteiger partial charge in [0.05, 0.1) is 4.90 Å². The topological polar surface area (TPSA) is 85.1 Å². The van der Waals surface area contributed by atoms with Crippen molar-refractivity contribution in [2.75, 3.05) is 4.72 Å². The molecule has 0 fully saturated rings. The molecular weight excluding hydrogens is 362 g/mol. The first kappa shape index (κ1) is 14.9. The highest BCUT2D eigenvalue weighted by Crippen LogP contribution is 2.19.